The Morgan fingerprint density at radius 1 is 1.18 bits per heavy atom. The van der Waals surface area contributed by atoms with Crippen molar-refractivity contribution in [1.82, 2.24) is 0 Å². The minimum Gasteiger partial charge on any atom is -0.216 e. The monoisotopic (exact) mass is 158 g/mol. The summed E-state index contributed by atoms with van der Waals surface area (Å²) in [6.45, 7) is 10.4. The Morgan fingerprint density at radius 2 is 1.64 bits per heavy atom. The van der Waals surface area contributed by atoms with Crippen molar-refractivity contribution < 1.29 is 4.39 Å². The van der Waals surface area contributed by atoms with Gasteiger partial charge in [0.2, 0.25) is 0 Å². The number of halogens is 1. The molecule has 0 heterocycles. The molecule has 11 heavy (non-hydrogen) atoms. The minimum absolute atomic E-state index is 0.361. The quantitative estimate of drug-likeness (QED) is 0.586. The first-order chi connectivity index (χ1) is 5.00. The van der Waals surface area contributed by atoms with Crippen LogP contribution in [0.25, 0.3) is 0 Å². The average molecular weight is 158 g/mol. The molecule has 0 aromatic carbocycles. The largest absolute Gasteiger partial charge is 0.216 e. The second kappa shape index (κ2) is 4.53. The number of rotatable bonds is 3. The van der Waals surface area contributed by atoms with Crippen LogP contribution in [-0.4, -0.2) is 0 Å². The van der Waals surface area contributed by atoms with Crippen molar-refractivity contribution in [3.8, 4) is 0 Å². The molecule has 0 saturated carbocycles. The van der Waals surface area contributed by atoms with Gasteiger partial charge < -0.3 is 0 Å². The number of hydrogen-bond acceptors (Lipinski definition) is 0. The Morgan fingerprint density at radius 3 is 1.91 bits per heavy atom. The van der Waals surface area contributed by atoms with E-state index in [-0.39, 0.29) is 0 Å². The van der Waals surface area contributed by atoms with Crippen LogP contribution in [0.1, 0.15) is 34.6 Å². The molecule has 0 N–H and O–H groups in total. The van der Waals surface area contributed by atoms with Crippen LogP contribution in [0.15, 0.2) is 11.9 Å². The van der Waals surface area contributed by atoms with Crippen molar-refractivity contribution in [3.05, 3.63) is 11.9 Å². The predicted octanol–water partition coefficient (Wildman–Crippen LogP) is 3.79. The summed E-state index contributed by atoms with van der Waals surface area (Å²) in [4.78, 5) is 0. The SMILES string of the molecule is C/C(=C\F)C(C)[C@@H](C)C(C)C. The molecule has 0 aliphatic heterocycles. The lowest BCUT2D eigenvalue weighted by Gasteiger charge is -2.23. The lowest BCUT2D eigenvalue weighted by molar-refractivity contribution is 0.327. The standard InChI is InChI=1S/C10H19F/c1-7(2)9(4)10(5)8(3)6-11/h6-7,9-10H,1-5H3/b8-6+/t9-,10?/m0/s1. The second-order valence-corrected chi connectivity index (χ2v) is 3.74. The third kappa shape index (κ3) is 3.04. The summed E-state index contributed by atoms with van der Waals surface area (Å²) in [5, 5.41) is 0. The van der Waals surface area contributed by atoms with Crippen LogP contribution in [0.4, 0.5) is 4.39 Å². The molecule has 0 rings (SSSR count). The van der Waals surface area contributed by atoms with Gasteiger partial charge in [-0.25, -0.2) is 4.39 Å². The van der Waals surface area contributed by atoms with E-state index in [4.69, 9.17) is 0 Å². The highest BCUT2D eigenvalue weighted by atomic mass is 19.1. The van der Waals surface area contributed by atoms with E-state index in [1.165, 1.54) is 0 Å². The van der Waals surface area contributed by atoms with E-state index in [1.807, 2.05) is 6.92 Å². The minimum atomic E-state index is 0.361. The number of allylic oxidation sites excluding steroid dienone is 1. The second-order valence-electron chi connectivity index (χ2n) is 3.74. The zero-order chi connectivity index (χ0) is 9.02. The predicted molar refractivity (Wildman–Crippen MR) is 48.0 cm³/mol. The van der Waals surface area contributed by atoms with Gasteiger partial charge in [0.25, 0.3) is 0 Å². The summed E-state index contributed by atoms with van der Waals surface area (Å²) in [7, 11) is 0. The Hall–Kier alpha value is -0.330. The first-order valence-corrected chi connectivity index (χ1v) is 4.27. The summed E-state index contributed by atoms with van der Waals surface area (Å²) in [6, 6.07) is 0. The lowest BCUT2D eigenvalue weighted by atomic mass is 9.82. The molecule has 0 saturated heterocycles. The van der Waals surface area contributed by atoms with E-state index in [2.05, 4.69) is 27.7 Å². The molecule has 0 radical (unpaired) electrons. The molecule has 0 nitrogen and oxygen atoms in total. The molecular formula is C10H19F. The van der Waals surface area contributed by atoms with Gasteiger partial charge in [-0.15, -0.1) is 0 Å². The van der Waals surface area contributed by atoms with Gasteiger partial charge in [-0.1, -0.05) is 27.7 Å². The summed E-state index contributed by atoms with van der Waals surface area (Å²) in [5.74, 6) is 1.54. The van der Waals surface area contributed by atoms with Crippen LogP contribution in [0.2, 0.25) is 0 Å². The summed E-state index contributed by atoms with van der Waals surface area (Å²) in [5.41, 5.74) is 0.853. The molecular weight excluding hydrogens is 139 g/mol. The Bertz CT molecular complexity index is 136. The maximum atomic E-state index is 12.1. The highest BCUT2D eigenvalue weighted by Gasteiger charge is 2.16. The molecule has 0 aliphatic carbocycles. The van der Waals surface area contributed by atoms with Crippen LogP contribution in [-0.2, 0) is 0 Å². The number of hydrogen-bond donors (Lipinski definition) is 0. The lowest BCUT2D eigenvalue weighted by Crippen LogP contribution is -2.14. The van der Waals surface area contributed by atoms with Gasteiger partial charge in [-0.05, 0) is 30.3 Å². The molecule has 0 fully saturated rings. The van der Waals surface area contributed by atoms with Gasteiger partial charge in [0.1, 0.15) is 0 Å². The molecule has 66 valence electrons. The van der Waals surface area contributed by atoms with Crippen LogP contribution >= 0.6 is 0 Å². The van der Waals surface area contributed by atoms with Gasteiger partial charge in [0.15, 0.2) is 0 Å². The van der Waals surface area contributed by atoms with Crippen molar-refractivity contribution >= 4 is 0 Å². The van der Waals surface area contributed by atoms with Gasteiger partial charge in [0, 0.05) is 0 Å². The van der Waals surface area contributed by atoms with Gasteiger partial charge in [-0.2, -0.15) is 0 Å². The van der Waals surface area contributed by atoms with E-state index in [9.17, 15) is 4.39 Å². The summed E-state index contributed by atoms with van der Waals surface area (Å²) >= 11 is 0. The van der Waals surface area contributed by atoms with Gasteiger partial charge in [-0.3, -0.25) is 0 Å². The van der Waals surface area contributed by atoms with Crippen LogP contribution < -0.4 is 0 Å². The highest BCUT2D eigenvalue weighted by Crippen LogP contribution is 2.25. The fourth-order valence-corrected chi connectivity index (χ4v) is 1.09. The third-order valence-electron chi connectivity index (χ3n) is 2.73. The molecule has 0 amide bonds. The average Bonchev–Trinajstić information content (AvgIpc) is 2.00. The third-order valence-corrected chi connectivity index (χ3v) is 2.73. The molecule has 1 unspecified atom stereocenters. The van der Waals surface area contributed by atoms with Gasteiger partial charge >= 0.3 is 0 Å². The highest BCUT2D eigenvalue weighted by molar-refractivity contribution is 4.99. The summed E-state index contributed by atoms with van der Waals surface area (Å²) in [6.07, 6.45) is 0.726. The van der Waals surface area contributed by atoms with E-state index in [0.717, 1.165) is 11.9 Å². The summed E-state index contributed by atoms with van der Waals surface area (Å²) < 4.78 is 12.1. The van der Waals surface area contributed by atoms with Gasteiger partial charge in [0.05, 0.1) is 6.33 Å². The van der Waals surface area contributed by atoms with Crippen LogP contribution in [0.5, 0.6) is 0 Å². The molecule has 0 bridgehead atoms. The fraction of sp³-hybridized carbons (Fsp3) is 0.800. The van der Waals surface area contributed by atoms with Crippen molar-refractivity contribution in [2.45, 2.75) is 34.6 Å². The van der Waals surface area contributed by atoms with E-state index < -0.39 is 0 Å². The Labute approximate surface area is 69.5 Å². The topological polar surface area (TPSA) is 0 Å². The van der Waals surface area contributed by atoms with E-state index >= 15 is 0 Å². The molecule has 0 aromatic rings. The maximum absolute atomic E-state index is 12.1. The normalized spacial score (nSPS) is 18.6. The first kappa shape index (κ1) is 10.7. The smallest absolute Gasteiger partial charge is 0.0858 e. The van der Waals surface area contributed by atoms with Crippen molar-refractivity contribution in [2.24, 2.45) is 17.8 Å². The molecule has 0 spiro atoms. The van der Waals surface area contributed by atoms with E-state index in [1.54, 1.807) is 0 Å². The van der Waals surface area contributed by atoms with Crippen molar-refractivity contribution in [1.29, 1.82) is 0 Å². The molecule has 0 aromatic heterocycles. The molecule has 1 heteroatoms. The zero-order valence-corrected chi connectivity index (χ0v) is 8.19. The van der Waals surface area contributed by atoms with Crippen molar-refractivity contribution in [3.63, 3.8) is 0 Å². The van der Waals surface area contributed by atoms with E-state index in [0.29, 0.717) is 17.8 Å². The zero-order valence-electron chi connectivity index (χ0n) is 8.19. The first-order valence-electron chi connectivity index (χ1n) is 4.27. The Kier molecular flexibility index (Phi) is 4.39. The maximum Gasteiger partial charge on any atom is 0.0858 e. The molecule has 0 aliphatic rings. The van der Waals surface area contributed by atoms with Crippen LogP contribution in [0.3, 0.4) is 0 Å². The van der Waals surface area contributed by atoms with Crippen LogP contribution in [0, 0.1) is 17.8 Å². The Balaban J connectivity index is 4.13. The fourth-order valence-electron chi connectivity index (χ4n) is 1.09. The molecule has 2 atom stereocenters. The van der Waals surface area contributed by atoms with Crippen molar-refractivity contribution in [2.75, 3.05) is 0 Å².